The molecule has 0 saturated heterocycles. The van der Waals surface area contributed by atoms with Crippen molar-refractivity contribution in [2.24, 2.45) is 0 Å². The van der Waals surface area contributed by atoms with Crippen LogP contribution in [-0.2, 0) is 0 Å². The third kappa shape index (κ3) is 2.89. The molecule has 0 fully saturated rings. The predicted octanol–water partition coefficient (Wildman–Crippen LogP) is 3.20. The number of carbonyl (C=O) groups is 1. The van der Waals surface area contributed by atoms with E-state index in [1.54, 1.807) is 54.6 Å². The third-order valence-corrected chi connectivity index (χ3v) is 4.63. The van der Waals surface area contributed by atoms with Crippen LogP contribution in [0.25, 0.3) is 27.6 Å². The van der Waals surface area contributed by atoms with E-state index >= 15 is 0 Å². The molecule has 0 amide bonds. The van der Waals surface area contributed by atoms with Crippen LogP contribution in [0.1, 0.15) is 16.1 Å². The summed E-state index contributed by atoms with van der Waals surface area (Å²) in [6.45, 7) is 0. The van der Waals surface area contributed by atoms with Crippen molar-refractivity contribution >= 4 is 22.4 Å². The topological polar surface area (TPSA) is 122 Å². The lowest BCUT2D eigenvalue weighted by atomic mass is 9.94. The number of hydrogen-bond donors (Lipinski definition) is 2. The summed E-state index contributed by atoms with van der Waals surface area (Å²) in [5.41, 5.74) is 6.88. The van der Waals surface area contributed by atoms with Gasteiger partial charge in [-0.2, -0.15) is 15.0 Å². The molecule has 7 heteroatoms. The number of nitrogens with two attached hydrogens (primary N) is 1. The number of carboxylic acids is 1. The zero-order valence-corrected chi connectivity index (χ0v) is 15.0. The fraction of sp³-hybridized carbons (Fsp3) is 0. The van der Waals surface area contributed by atoms with E-state index in [1.165, 1.54) is 6.07 Å². The zero-order valence-electron chi connectivity index (χ0n) is 15.0. The standard InChI is InChI=1S/C22H14N4O3/c23-12-17-15(13-7-3-1-4-8-13)11-16-18(19(17)24)21(27)26(25-20(16)22(28)29)14-9-5-2-6-10-14/h1-11H,24H2,(H,28,29). The monoisotopic (exact) mass is 382 g/mol. The summed E-state index contributed by atoms with van der Waals surface area (Å²) >= 11 is 0. The van der Waals surface area contributed by atoms with Crippen molar-refractivity contribution in [2.45, 2.75) is 0 Å². The number of nitriles is 1. The second-order valence-corrected chi connectivity index (χ2v) is 6.32. The van der Waals surface area contributed by atoms with Crippen LogP contribution in [0.4, 0.5) is 5.69 Å². The molecule has 0 atom stereocenters. The first-order valence-corrected chi connectivity index (χ1v) is 8.66. The Hall–Kier alpha value is -4.44. The Morgan fingerprint density at radius 1 is 1.07 bits per heavy atom. The number of hydrogen-bond acceptors (Lipinski definition) is 5. The van der Waals surface area contributed by atoms with Crippen LogP contribution in [0, 0.1) is 11.3 Å². The molecule has 3 aromatic carbocycles. The maximum Gasteiger partial charge on any atom is 0.357 e. The van der Waals surface area contributed by atoms with Gasteiger partial charge in [-0.15, -0.1) is 0 Å². The lowest BCUT2D eigenvalue weighted by Gasteiger charge is -2.14. The van der Waals surface area contributed by atoms with E-state index in [1.807, 2.05) is 12.1 Å². The number of anilines is 1. The Morgan fingerprint density at radius 3 is 2.28 bits per heavy atom. The number of para-hydroxylation sites is 1. The van der Waals surface area contributed by atoms with E-state index in [4.69, 9.17) is 5.73 Å². The highest BCUT2D eigenvalue weighted by atomic mass is 16.4. The van der Waals surface area contributed by atoms with Crippen molar-refractivity contribution in [1.82, 2.24) is 9.78 Å². The molecule has 0 aliphatic carbocycles. The van der Waals surface area contributed by atoms with Gasteiger partial charge in [0.2, 0.25) is 0 Å². The van der Waals surface area contributed by atoms with Crippen molar-refractivity contribution in [3.63, 3.8) is 0 Å². The highest BCUT2D eigenvalue weighted by Crippen LogP contribution is 2.33. The van der Waals surface area contributed by atoms with Gasteiger partial charge in [-0.3, -0.25) is 4.79 Å². The van der Waals surface area contributed by atoms with E-state index in [0.29, 0.717) is 16.8 Å². The van der Waals surface area contributed by atoms with Gasteiger partial charge in [0.25, 0.3) is 5.56 Å². The van der Waals surface area contributed by atoms with Crippen molar-refractivity contribution in [3.8, 4) is 22.9 Å². The van der Waals surface area contributed by atoms with Gasteiger partial charge in [0.15, 0.2) is 5.69 Å². The summed E-state index contributed by atoms with van der Waals surface area (Å²) in [6.07, 6.45) is 0. The van der Waals surface area contributed by atoms with Crippen LogP contribution in [-0.4, -0.2) is 20.9 Å². The second-order valence-electron chi connectivity index (χ2n) is 6.32. The Morgan fingerprint density at radius 2 is 1.69 bits per heavy atom. The molecule has 0 spiro atoms. The number of benzene rings is 3. The largest absolute Gasteiger partial charge is 0.476 e. The SMILES string of the molecule is N#Cc1c(-c2ccccc2)cc2c(C(=O)O)nn(-c3ccccc3)c(=O)c2c1N. The number of aromatic nitrogens is 2. The summed E-state index contributed by atoms with van der Waals surface area (Å²) in [4.78, 5) is 25.1. The smallest absolute Gasteiger partial charge is 0.357 e. The molecule has 0 aliphatic rings. The molecule has 4 aromatic rings. The minimum absolute atomic E-state index is 0.0440. The summed E-state index contributed by atoms with van der Waals surface area (Å²) in [5, 5.41) is 23.6. The number of nitrogens with zero attached hydrogens (tertiary/aromatic N) is 3. The molecule has 1 heterocycles. The summed E-state index contributed by atoms with van der Waals surface area (Å²) in [5.74, 6) is -1.30. The summed E-state index contributed by atoms with van der Waals surface area (Å²) < 4.78 is 0.992. The Labute approximate surface area is 164 Å². The number of rotatable bonds is 3. The minimum atomic E-state index is -1.30. The number of carboxylic acid groups (broad SMARTS) is 1. The van der Waals surface area contributed by atoms with Gasteiger partial charge in [-0.1, -0.05) is 48.5 Å². The number of fused-ring (bicyclic) bond motifs is 1. The predicted molar refractivity (Wildman–Crippen MR) is 109 cm³/mol. The van der Waals surface area contributed by atoms with E-state index in [-0.39, 0.29) is 27.7 Å². The van der Waals surface area contributed by atoms with Crippen LogP contribution < -0.4 is 11.3 Å². The first-order valence-electron chi connectivity index (χ1n) is 8.66. The van der Waals surface area contributed by atoms with Crippen molar-refractivity contribution < 1.29 is 9.90 Å². The summed E-state index contributed by atoms with van der Waals surface area (Å²) in [6, 6.07) is 20.9. The van der Waals surface area contributed by atoms with E-state index in [9.17, 15) is 20.0 Å². The molecule has 3 N–H and O–H groups in total. The maximum atomic E-state index is 13.2. The fourth-order valence-corrected chi connectivity index (χ4v) is 3.29. The lowest BCUT2D eigenvalue weighted by Crippen LogP contribution is -2.25. The molecule has 1 aromatic heterocycles. The highest BCUT2D eigenvalue weighted by molar-refractivity contribution is 6.08. The van der Waals surface area contributed by atoms with Gasteiger partial charge in [0.05, 0.1) is 22.3 Å². The Kier molecular flexibility index (Phi) is 4.30. The van der Waals surface area contributed by atoms with E-state index in [0.717, 1.165) is 4.68 Å². The molecule has 0 unspecified atom stereocenters. The van der Waals surface area contributed by atoms with Gasteiger partial charge >= 0.3 is 5.97 Å². The van der Waals surface area contributed by atoms with Gasteiger partial charge in [-0.25, -0.2) is 4.79 Å². The average molecular weight is 382 g/mol. The van der Waals surface area contributed by atoms with Crippen molar-refractivity contribution in [2.75, 3.05) is 5.73 Å². The van der Waals surface area contributed by atoms with Crippen LogP contribution in [0.5, 0.6) is 0 Å². The molecule has 4 rings (SSSR count). The Balaban J connectivity index is 2.18. The van der Waals surface area contributed by atoms with E-state index in [2.05, 4.69) is 5.10 Å². The number of nitrogen functional groups attached to an aromatic ring is 1. The first kappa shape index (κ1) is 17.9. The third-order valence-electron chi connectivity index (χ3n) is 4.63. The highest BCUT2D eigenvalue weighted by Gasteiger charge is 2.23. The quantitative estimate of drug-likeness (QED) is 0.525. The molecule has 0 saturated carbocycles. The first-order chi connectivity index (χ1) is 14.0. The molecule has 140 valence electrons. The van der Waals surface area contributed by atoms with Crippen molar-refractivity contribution in [1.29, 1.82) is 5.26 Å². The average Bonchev–Trinajstić information content (AvgIpc) is 2.74. The second kappa shape index (κ2) is 6.94. The number of aromatic carboxylic acids is 1. The zero-order chi connectivity index (χ0) is 20.5. The molecule has 0 bridgehead atoms. The van der Waals surface area contributed by atoms with Crippen LogP contribution in [0.15, 0.2) is 71.5 Å². The molecular formula is C22H14N4O3. The van der Waals surface area contributed by atoms with Gasteiger partial charge < -0.3 is 10.8 Å². The lowest BCUT2D eigenvalue weighted by molar-refractivity contribution is 0.0691. The molecular weight excluding hydrogens is 368 g/mol. The van der Waals surface area contributed by atoms with Crippen molar-refractivity contribution in [3.05, 3.63) is 88.3 Å². The fourth-order valence-electron chi connectivity index (χ4n) is 3.29. The molecule has 29 heavy (non-hydrogen) atoms. The summed E-state index contributed by atoms with van der Waals surface area (Å²) in [7, 11) is 0. The van der Waals surface area contributed by atoms with Gasteiger partial charge in [-0.05, 0) is 23.8 Å². The van der Waals surface area contributed by atoms with Gasteiger partial charge in [0, 0.05) is 10.9 Å². The normalized spacial score (nSPS) is 10.6. The van der Waals surface area contributed by atoms with Crippen LogP contribution >= 0.6 is 0 Å². The minimum Gasteiger partial charge on any atom is -0.476 e. The maximum absolute atomic E-state index is 13.2. The van der Waals surface area contributed by atoms with Crippen LogP contribution in [0.2, 0.25) is 0 Å². The molecule has 7 nitrogen and oxygen atoms in total. The molecule has 0 radical (unpaired) electrons. The van der Waals surface area contributed by atoms with E-state index < -0.39 is 11.5 Å². The Bertz CT molecular complexity index is 1350. The van der Waals surface area contributed by atoms with Crippen LogP contribution in [0.3, 0.4) is 0 Å². The van der Waals surface area contributed by atoms with Gasteiger partial charge in [0.1, 0.15) is 6.07 Å². The molecule has 0 aliphatic heterocycles.